The molecule has 0 saturated carbocycles. The van der Waals surface area contributed by atoms with Crippen molar-refractivity contribution in [2.24, 2.45) is 10.9 Å². The molecule has 2 aliphatic heterocycles. The minimum absolute atomic E-state index is 0. The van der Waals surface area contributed by atoms with Gasteiger partial charge in [-0.25, -0.2) is 4.99 Å². The van der Waals surface area contributed by atoms with Gasteiger partial charge in [0.05, 0.1) is 6.54 Å². The van der Waals surface area contributed by atoms with Gasteiger partial charge in [0.1, 0.15) is 0 Å². The quantitative estimate of drug-likeness (QED) is 0.220. The molecule has 0 unspecified atom stereocenters. The molecule has 2 fully saturated rings. The Kier molecular flexibility index (Phi) is 12.4. The number of carbonyl (C=O) groups excluding carboxylic acids is 1. The predicted octanol–water partition coefficient (Wildman–Crippen LogP) is 4.11. The molecule has 0 radical (unpaired) electrons. The van der Waals surface area contributed by atoms with Gasteiger partial charge in [-0.15, -0.1) is 24.0 Å². The lowest BCUT2D eigenvalue weighted by atomic mass is 9.99. The summed E-state index contributed by atoms with van der Waals surface area (Å²) in [5.41, 5.74) is 1.90. The zero-order chi connectivity index (χ0) is 21.9. The van der Waals surface area contributed by atoms with Crippen molar-refractivity contribution in [3.63, 3.8) is 0 Å². The lowest BCUT2D eigenvalue weighted by Gasteiger charge is -2.30. The molecule has 0 atom stereocenters. The largest absolute Gasteiger partial charge is 0.357 e. The number of rotatable bonds is 8. The number of hydrogen-bond acceptors (Lipinski definition) is 3. The summed E-state index contributed by atoms with van der Waals surface area (Å²) < 4.78 is 0. The van der Waals surface area contributed by atoms with E-state index in [1.165, 1.54) is 32.4 Å². The monoisotopic (exact) mass is 555 g/mol. The highest BCUT2D eigenvalue weighted by Crippen LogP contribution is 2.16. The van der Waals surface area contributed by atoms with Gasteiger partial charge in [-0.05, 0) is 88.7 Å². The van der Waals surface area contributed by atoms with Gasteiger partial charge in [0.15, 0.2) is 5.96 Å². The Morgan fingerprint density at radius 1 is 1.03 bits per heavy atom. The van der Waals surface area contributed by atoms with Gasteiger partial charge in [-0.1, -0.05) is 19.1 Å². The van der Waals surface area contributed by atoms with E-state index in [1.807, 2.05) is 29.2 Å². The Hall–Kier alpha value is -1.35. The lowest BCUT2D eigenvalue weighted by Crippen LogP contribution is -2.39. The highest BCUT2D eigenvalue weighted by molar-refractivity contribution is 14.0. The molecule has 2 saturated heterocycles. The minimum Gasteiger partial charge on any atom is -0.357 e. The number of benzene rings is 1. The number of carbonyl (C=O) groups is 1. The number of nitrogens with one attached hydrogen (secondary N) is 2. The Bertz CT molecular complexity index is 695. The summed E-state index contributed by atoms with van der Waals surface area (Å²) in [6.45, 7) is 12.3. The second-order valence-corrected chi connectivity index (χ2v) is 9.05. The summed E-state index contributed by atoms with van der Waals surface area (Å²) in [5.74, 6) is 1.91. The van der Waals surface area contributed by atoms with E-state index >= 15 is 0 Å². The highest BCUT2D eigenvalue weighted by Gasteiger charge is 2.18. The summed E-state index contributed by atoms with van der Waals surface area (Å²) in [5, 5.41) is 6.80. The molecule has 2 heterocycles. The number of nitrogens with zero attached hydrogens (tertiary/aromatic N) is 3. The minimum atomic E-state index is 0. The average Bonchev–Trinajstić information content (AvgIpc) is 2.82. The van der Waals surface area contributed by atoms with Gasteiger partial charge in [0.2, 0.25) is 0 Å². The third-order valence-electron chi connectivity index (χ3n) is 6.43. The third-order valence-corrected chi connectivity index (χ3v) is 6.43. The smallest absolute Gasteiger partial charge is 0.253 e. The van der Waals surface area contributed by atoms with Crippen molar-refractivity contribution in [1.29, 1.82) is 0 Å². The maximum Gasteiger partial charge on any atom is 0.253 e. The number of piperidine rings is 2. The standard InChI is InChI=1S/C25H41N5O.HI/c1-3-26-25(27-14-7-15-29-18-12-21(2)13-19-29)28-20-22-8-10-23(11-9-22)24(31)30-16-5-4-6-17-30;/h8-11,21H,3-7,12-20H2,1-2H3,(H2,26,27,28);1H. The average molecular weight is 556 g/mol. The molecule has 1 amide bonds. The number of likely N-dealkylation sites (tertiary alicyclic amines) is 2. The van der Waals surface area contributed by atoms with Gasteiger partial charge in [-0.2, -0.15) is 0 Å². The summed E-state index contributed by atoms with van der Waals surface area (Å²) in [6.07, 6.45) is 7.28. The molecule has 0 bridgehead atoms. The van der Waals surface area contributed by atoms with Crippen molar-refractivity contribution in [2.45, 2.75) is 58.9 Å². The molecule has 1 aromatic rings. The summed E-state index contributed by atoms with van der Waals surface area (Å²) in [6, 6.07) is 7.95. The maximum absolute atomic E-state index is 12.6. The van der Waals surface area contributed by atoms with E-state index < -0.39 is 0 Å². The fourth-order valence-electron chi connectivity index (χ4n) is 4.34. The molecule has 0 aromatic heterocycles. The van der Waals surface area contributed by atoms with Gasteiger partial charge >= 0.3 is 0 Å². The second kappa shape index (κ2) is 14.7. The van der Waals surface area contributed by atoms with Gasteiger partial charge in [-0.3, -0.25) is 4.79 Å². The fraction of sp³-hybridized carbons (Fsp3) is 0.680. The molecule has 1 aromatic carbocycles. The normalized spacial score (nSPS) is 18.2. The zero-order valence-electron chi connectivity index (χ0n) is 19.9. The first kappa shape index (κ1) is 26.9. The molecule has 3 rings (SSSR count). The van der Waals surface area contributed by atoms with Crippen molar-refractivity contribution in [3.05, 3.63) is 35.4 Å². The van der Waals surface area contributed by atoms with Crippen LogP contribution in [0.25, 0.3) is 0 Å². The van der Waals surface area contributed by atoms with E-state index in [-0.39, 0.29) is 29.9 Å². The van der Waals surface area contributed by atoms with Crippen LogP contribution in [-0.2, 0) is 6.54 Å². The summed E-state index contributed by atoms with van der Waals surface area (Å²) >= 11 is 0. The number of amides is 1. The van der Waals surface area contributed by atoms with Crippen LogP contribution in [0.15, 0.2) is 29.3 Å². The summed E-state index contributed by atoms with van der Waals surface area (Å²) in [7, 11) is 0. The number of guanidine groups is 1. The predicted molar refractivity (Wildman–Crippen MR) is 144 cm³/mol. The first-order chi connectivity index (χ1) is 15.2. The van der Waals surface area contributed by atoms with Gasteiger partial charge < -0.3 is 20.4 Å². The Labute approximate surface area is 211 Å². The first-order valence-corrected chi connectivity index (χ1v) is 12.3. The molecule has 0 spiro atoms. The third kappa shape index (κ3) is 8.89. The molecule has 0 aliphatic carbocycles. The second-order valence-electron chi connectivity index (χ2n) is 9.05. The molecule has 7 heteroatoms. The first-order valence-electron chi connectivity index (χ1n) is 12.3. The number of halogens is 1. The van der Waals surface area contributed by atoms with E-state index in [0.717, 1.165) is 75.0 Å². The molecule has 6 nitrogen and oxygen atoms in total. The molecular formula is C25H42IN5O. The van der Waals surface area contributed by atoms with E-state index in [2.05, 4.69) is 29.4 Å². The van der Waals surface area contributed by atoms with E-state index in [0.29, 0.717) is 6.54 Å². The molecular weight excluding hydrogens is 513 g/mol. The van der Waals surface area contributed by atoms with E-state index in [9.17, 15) is 4.79 Å². The van der Waals surface area contributed by atoms with Crippen LogP contribution in [0.4, 0.5) is 0 Å². The Balaban J connectivity index is 0.00000363. The van der Waals surface area contributed by atoms with Gasteiger partial charge in [0, 0.05) is 31.7 Å². The molecule has 32 heavy (non-hydrogen) atoms. The highest BCUT2D eigenvalue weighted by atomic mass is 127. The van der Waals surface area contributed by atoms with Crippen LogP contribution in [0.2, 0.25) is 0 Å². The van der Waals surface area contributed by atoms with Crippen molar-refractivity contribution >= 4 is 35.8 Å². The zero-order valence-corrected chi connectivity index (χ0v) is 22.3. The van der Waals surface area contributed by atoms with Crippen LogP contribution in [0.5, 0.6) is 0 Å². The van der Waals surface area contributed by atoms with Crippen LogP contribution < -0.4 is 10.6 Å². The Morgan fingerprint density at radius 3 is 2.38 bits per heavy atom. The SMILES string of the molecule is CCNC(=NCc1ccc(C(=O)N2CCCCC2)cc1)NCCCN1CCC(C)CC1.I. The van der Waals surface area contributed by atoms with E-state index in [4.69, 9.17) is 4.99 Å². The van der Waals surface area contributed by atoms with Crippen LogP contribution in [0, 0.1) is 5.92 Å². The number of aliphatic imine (C=N–C) groups is 1. The van der Waals surface area contributed by atoms with Crippen LogP contribution >= 0.6 is 24.0 Å². The Morgan fingerprint density at radius 2 is 1.72 bits per heavy atom. The van der Waals surface area contributed by atoms with Crippen LogP contribution in [0.3, 0.4) is 0 Å². The summed E-state index contributed by atoms with van der Waals surface area (Å²) in [4.78, 5) is 21.9. The molecule has 180 valence electrons. The fourth-order valence-corrected chi connectivity index (χ4v) is 4.34. The van der Waals surface area contributed by atoms with Crippen LogP contribution in [0.1, 0.15) is 68.3 Å². The molecule has 2 aliphatic rings. The number of hydrogen-bond donors (Lipinski definition) is 2. The van der Waals surface area contributed by atoms with Crippen molar-refractivity contribution in [3.8, 4) is 0 Å². The van der Waals surface area contributed by atoms with Gasteiger partial charge in [0.25, 0.3) is 5.91 Å². The van der Waals surface area contributed by atoms with E-state index in [1.54, 1.807) is 0 Å². The topological polar surface area (TPSA) is 60.0 Å². The maximum atomic E-state index is 12.6. The van der Waals surface area contributed by atoms with Crippen molar-refractivity contribution in [2.75, 3.05) is 45.8 Å². The van der Waals surface area contributed by atoms with Crippen LogP contribution in [-0.4, -0.2) is 67.5 Å². The van der Waals surface area contributed by atoms with Crippen molar-refractivity contribution in [1.82, 2.24) is 20.4 Å². The lowest BCUT2D eigenvalue weighted by molar-refractivity contribution is 0.0724. The molecule has 2 N–H and O–H groups in total. The van der Waals surface area contributed by atoms with Crippen molar-refractivity contribution < 1.29 is 4.79 Å².